The number of para-hydroxylation sites is 2. The molecule has 0 aliphatic heterocycles. The molecular weight excluding hydrogens is 428 g/mol. The number of halogens is 1. The van der Waals surface area contributed by atoms with Gasteiger partial charge in [-0.25, -0.2) is 0 Å². The maximum atomic E-state index is 11.9. The van der Waals surface area contributed by atoms with Gasteiger partial charge in [0, 0.05) is 23.0 Å². The lowest BCUT2D eigenvalue weighted by atomic mass is 10.2. The minimum absolute atomic E-state index is 0.0513. The number of ether oxygens (including phenoxy) is 2. The van der Waals surface area contributed by atoms with E-state index in [4.69, 9.17) is 9.47 Å². The average Bonchev–Trinajstić information content (AvgIpc) is 2.68. The molecule has 0 atom stereocenters. The van der Waals surface area contributed by atoms with Crippen LogP contribution in [0.25, 0.3) is 0 Å². The van der Waals surface area contributed by atoms with Gasteiger partial charge in [-0.1, -0.05) is 28.1 Å². The van der Waals surface area contributed by atoms with Crippen LogP contribution >= 0.6 is 15.9 Å². The zero-order valence-electron chi connectivity index (χ0n) is 15.4. The fraction of sp³-hybridized carbons (Fsp3) is 0.250. The molecule has 2 rings (SSSR count). The van der Waals surface area contributed by atoms with Gasteiger partial charge in [0.15, 0.2) is 6.61 Å². The number of anilines is 2. The molecule has 0 saturated heterocycles. The predicted molar refractivity (Wildman–Crippen MR) is 109 cm³/mol. The minimum atomic E-state index is -0.536. The first-order valence-corrected chi connectivity index (χ1v) is 9.41. The van der Waals surface area contributed by atoms with Crippen LogP contribution in [0, 0.1) is 0 Å². The number of esters is 1. The fourth-order valence-corrected chi connectivity index (χ4v) is 2.57. The molecule has 0 aliphatic carbocycles. The lowest BCUT2D eigenvalue weighted by molar-refractivity contribution is -0.147. The molecular formula is C20H21BrN2O5. The van der Waals surface area contributed by atoms with Crippen LogP contribution in [-0.4, -0.2) is 31.5 Å². The van der Waals surface area contributed by atoms with Crippen molar-refractivity contribution in [2.45, 2.75) is 19.3 Å². The molecule has 0 radical (unpaired) electrons. The number of carbonyl (C=O) groups is 3. The van der Waals surface area contributed by atoms with Gasteiger partial charge in [-0.2, -0.15) is 0 Å². The van der Waals surface area contributed by atoms with Gasteiger partial charge in [0.25, 0.3) is 5.91 Å². The monoisotopic (exact) mass is 448 g/mol. The van der Waals surface area contributed by atoms with E-state index in [0.717, 1.165) is 4.47 Å². The highest BCUT2D eigenvalue weighted by atomic mass is 79.9. The van der Waals surface area contributed by atoms with Gasteiger partial charge in [0.05, 0.1) is 12.8 Å². The molecule has 0 unspecified atom stereocenters. The summed E-state index contributed by atoms with van der Waals surface area (Å²) in [6.45, 7) is -0.401. The van der Waals surface area contributed by atoms with E-state index in [2.05, 4.69) is 26.6 Å². The number of hydrogen-bond acceptors (Lipinski definition) is 5. The molecule has 0 fully saturated rings. The van der Waals surface area contributed by atoms with Crippen molar-refractivity contribution in [3.63, 3.8) is 0 Å². The Morgan fingerprint density at radius 1 is 0.929 bits per heavy atom. The van der Waals surface area contributed by atoms with Gasteiger partial charge in [-0.3, -0.25) is 14.4 Å². The third-order valence-corrected chi connectivity index (χ3v) is 4.19. The van der Waals surface area contributed by atoms with Crippen LogP contribution in [0.3, 0.4) is 0 Å². The molecule has 2 N–H and O–H groups in total. The summed E-state index contributed by atoms with van der Waals surface area (Å²) in [6.07, 6.45) is 0.559. The van der Waals surface area contributed by atoms with Crippen molar-refractivity contribution in [2.24, 2.45) is 0 Å². The highest BCUT2D eigenvalue weighted by Crippen LogP contribution is 2.22. The molecule has 2 aromatic carbocycles. The number of carbonyl (C=O) groups excluding carboxylic acids is 3. The molecule has 0 heterocycles. The Hall–Kier alpha value is -2.87. The molecule has 148 valence electrons. The molecule has 0 saturated carbocycles. The van der Waals surface area contributed by atoms with Crippen molar-refractivity contribution in [3.8, 4) is 5.75 Å². The Morgan fingerprint density at radius 2 is 1.64 bits per heavy atom. The maximum absolute atomic E-state index is 11.9. The average molecular weight is 449 g/mol. The van der Waals surface area contributed by atoms with E-state index in [1.165, 1.54) is 7.11 Å². The molecule has 2 amide bonds. The largest absolute Gasteiger partial charge is 0.495 e. The SMILES string of the molecule is COc1ccccc1NC(=O)COC(=O)CCCC(=O)Nc1ccc(Br)cc1. The van der Waals surface area contributed by atoms with Crippen molar-refractivity contribution in [2.75, 3.05) is 24.4 Å². The maximum Gasteiger partial charge on any atom is 0.306 e. The standard InChI is InChI=1S/C20H21BrN2O5/c1-27-17-6-3-2-5-16(17)23-19(25)13-28-20(26)8-4-7-18(24)22-15-11-9-14(21)10-12-15/h2-3,5-6,9-12H,4,7-8,13H2,1H3,(H,22,24)(H,23,25). The summed E-state index contributed by atoms with van der Waals surface area (Å²) >= 11 is 3.32. The van der Waals surface area contributed by atoms with Gasteiger partial charge in [0.2, 0.25) is 5.91 Å². The third kappa shape index (κ3) is 7.40. The number of nitrogens with one attached hydrogen (secondary N) is 2. The topological polar surface area (TPSA) is 93.7 Å². The van der Waals surface area contributed by atoms with Crippen LogP contribution in [0.15, 0.2) is 53.0 Å². The first kappa shape index (κ1) is 21.4. The second kappa shape index (κ2) is 11.1. The Bertz CT molecular complexity index is 824. The number of rotatable bonds is 9. The molecule has 28 heavy (non-hydrogen) atoms. The summed E-state index contributed by atoms with van der Waals surface area (Å²) in [7, 11) is 1.50. The van der Waals surface area contributed by atoms with Crippen molar-refractivity contribution < 1.29 is 23.9 Å². The van der Waals surface area contributed by atoms with E-state index >= 15 is 0 Å². The van der Waals surface area contributed by atoms with Crippen LogP contribution < -0.4 is 15.4 Å². The second-order valence-corrected chi connectivity index (χ2v) is 6.73. The van der Waals surface area contributed by atoms with E-state index in [1.807, 2.05) is 12.1 Å². The number of amides is 2. The Morgan fingerprint density at radius 3 is 2.36 bits per heavy atom. The number of benzene rings is 2. The first-order chi connectivity index (χ1) is 13.5. The lowest BCUT2D eigenvalue weighted by Gasteiger charge is -2.10. The molecule has 7 nitrogen and oxygen atoms in total. The van der Waals surface area contributed by atoms with E-state index < -0.39 is 18.5 Å². The van der Waals surface area contributed by atoms with Gasteiger partial charge in [-0.05, 0) is 42.8 Å². The van der Waals surface area contributed by atoms with E-state index in [-0.39, 0.29) is 18.7 Å². The van der Waals surface area contributed by atoms with Crippen LogP contribution in [0.1, 0.15) is 19.3 Å². The van der Waals surface area contributed by atoms with Crippen LogP contribution in [0.5, 0.6) is 5.75 Å². The lowest BCUT2D eigenvalue weighted by Crippen LogP contribution is -2.21. The van der Waals surface area contributed by atoms with Gasteiger partial charge < -0.3 is 20.1 Å². The molecule has 0 spiro atoms. The summed E-state index contributed by atoms with van der Waals surface area (Å²) < 4.78 is 11.0. The summed E-state index contributed by atoms with van der Waals surface area (Å²) in [5.41, 5.74) is 1.18. The smallest absolute Gasteiger partial charge is 0.306 e. The third-order valence-electron chi connectivity index (χ3n) is 3.66. The van der Waals surface area contributed by atoms with Crippen LogP contribution in [0.2, 0.25) is 0 Å². The Labute approximate surface area is 171 Å². The minimum Gasteiger partial charge on any atom is -0.495 e. The van der Waals surface area contributed by atoms with Crippen molar-refractivity contribution in [3.05, 3.63) is 53.0 Å². The van der Waals surface area contributed by atoms with E-state index in [1.54, 1.807) is 36.4 Å². The second-order valence-electron chi connectivity index (χ2n) is 5.82. The highest BCUT2D eigenvalue weighted by Gasteiger charge is 2.11. The quantitative estimate of drug-likeness (QED) is 0.569. The van der Waals surface area contributed by atoms with Crippen molar-refractivity contribution in [1.29, 1.82) is 0 Å². The van der Waals surface area contributed by atoms with Crippen LogP contribution in [-0.2, 0) is 19.1 Å². The normalized spacial score (nSPS) is 10.1. The zero-order chi connectivity index (χ0) is 20.4. The number of methoxy groups -OCH3 is 1. The van der Waals surface area contributed by atoms with Crippen molar-refractivity contribution >= 4 is 45.1 Å². The molecule has 0 bridgehead atoms. The molecule has 0 aliphatic rings. The predicted octanol–water partition coefficient (Wildman–Crippen LogP) is 3.75. The molecule has 8 heteroatoms. The zero-order valence-corrected chi connectivity index (χ0v) is 17.0. The number of hydrogen-bond donors (Lipinski definition) is 2. The molecule has 2 aromatic rings. The van der Waals surface area contributed by atoms with E-state index in [9.17, 15) is 14.4 Å². The molecule has 0 aromatic heterocycles. The Balaban J connectivity index is 1.64. The van der Waals surface area contributed by atoms with Crippen LogP contribution in [0.4, 0.5) is 11.4 Å². The summed E-state index contributed by atoms with van der Waals surface area (Å²) in [5.74, 6) is -0.680. The van der Waals surface area contributed by atoms with E-state index in [0.29, 0.717) is 23.5 Å². The summed E-state index contributed by atoms with van der Waals surface area (Å²) in [6, 6.07) is 14.1. The summed E-state index contributed by atoms with van der Waals surface area (Å²) in [4.78, 5) is 35.5. The Kier molecular flexibility index (Phi) is 8.48. The van der Waals surface area contributed by atoms with Crippen molar-refractivity contribution in [1.82, 2.24) is 0 Å². The van der Waals surface area contributed by atoms with Gasteiger partial charge in [0.1, 0.15) is 5.75 Å². The fourth-order valence-electron chi connectivity index (χ4n) is 2.30. The first-order valence-electron chi connectivity index (χ1n) is 8.62. The summed E-state index contributed by atoms with van der Waals surface area (Å²) in [5, 5.41) is 5.36. The van der Waals surface area contributed by atoms with Gasteiger partial charge >= 0.3 is 5.97 Å². The van der Waals surface area contributed by atoms with Gasteiger partial charge in [-0.15, -0.1) is 0 Å². The highest BCUT2D eigenvalue weighted by molar-refractivity contribution is 9.10.